The molecular formula is C14H13N3O2. The number of furan rings is 1. The summed E-state index contributed by atoms with van der Waals surface area (Å²) in [6.07, 6.45) is 4.02. The highest BCUT2D eigenvalue weighted by molar-refractivity contribution is 5.58. The standard InChI is InChI=1S/C14H13N3O2/c15-7-5-10-1-3-11(4-2-10)14-16-13(17-19-14)12-6-8-18-9-12/h1-4,6,8-9H,5,7,15H2. The van der Waals surface area contributed by atoms with Gasteiger partial charge < -0.3 is 14.7 Å². The van der Waals surface area contributed by atoms with Crippen molar-refractivity contribution in [1.82, 2.24) is 10.1 Å². The maximum Gasteiger partial charge on any atom is 0.258 e. The van der Waals surface area contributed by atoms with Crippen molar-refractivity contribution in [1.29, 1.82) is 0 Å². The summed E-state index contributed by atoms with van der Waals surface area (Å²) in [5.41, 5.74) is 8.41. The summed E-state index contributed by atoms with van der Waals surface area (Å²) in [5, 5.41) is 3.93. The highest BCUT2D eigenvalue weighted by atomic mass is 16.5. The van der Waals surface area contributed by atoms with Crippen LogP contribution in [0.15, 0.2) is 51.8 Å². The molecule has 1 aromatic carbocycles. The van der Waals surface area contributed by atoms with E-state index in [4.69, 9.17) is 14.7 Å². The van der Waals surface area contributed by atoms with Crippen LogP contribution in [0.1, 0.15) is 5.56 Å². The second-order valence-electron chi connectivity index (χ2n) is 4.17. The fraction of sp³-hybridized carbons (Fsp3) is 0.143. The molecule has 5 nitrogen and oxygen atoms in total. The maximum absolute atomic E-state index is 5.52. The van der Waals surface area contributed by atoms with Crippen molar-refractivity contribution in [3.8, 4) is 22.8 Å². The summed E-state index contributed by atoms with van der Waals surface area (Å²) in [4.78, 5) is 4.34. The van der Waals surface area contributed by atoms with Gasteiger partial charge in [-0.2, -0.15) is 4.98 Å². The third kappa shape index (κ3) is 2.41. The van der Waals surface area contributed by atoms with Gasteiger partial charge in [-0.05, 0) is 36.7 Å². The third-order valence-electron chi connectivity index (χ3n) is 2.84. The van der Waals surface area contributed by atoms with Crippen molar-refractivity contribution in [2.75, 3.05) is 6.54 Å². The Balaban J connectivity index is 1.86. The van der Waals surface area contributed by atoms with E-state index in [0.29, 0.717) is 18.3 Å². The summed E-state index contributed by atoms with van der Waals surface area (Å²) < 4.78 is 10.2. The van der Waals surface area contributed by atoms with Gasteiger partial charge in [-0.15, -0.1) is 0 Å². The van der Waals surface area contributed by atoms with Crippen LogP contribution in [0.25, 0.3) is 22.8 Å². The molecule has 0 aliphatic heterocycles. The van der Waals surface area contributed by atoms with Gasteiger partial charge in [0.05, 0.1) is 11.8 Å². The molecule has 19 heavy (non-hydrogen) atoms. The Morgan fingerprint density at radius 3 is 2.58 bits per heavy atom. The Kier molecular flexibility index (Phi) is 3.12. The van der Waals surface area contributed by atoms with Crippen LogP contribution in [0.4, 0.5) is 0 Å². The minimum atomic E-state index is 0.496. The van der Waals surface area contributed by atoms with Gasteiger partial charge in [0.15, 0.2) is 0 Å². The lowest BCUT2D eigenvalue weighted by atomic mass is 10.1. The quantitative estimate of drug-likeness (QED) is 0.774. The van der Waals surface area contributed by atoms with E-state index in [-0.39, 0.29) is 0 Å². The lowest BCUT2D eigenvalue weighted by Gasteiger charge is -1.98. The zero-order valence-electron chi connectivity index (χ0n) is 10.2. The van der Waals surface area contributed by atoms with Crippen LogP contribution in [0.5, 0.6) is 0 Å². The lowest BCUT2D eigenvalue weighted by Crippen LogP contribution is -2.02. The molecule has 0 saturated carbocycles. The highest BCUT2D eigenvalue weighted by Gasteiger charge is 2.11. The predicted octanol–water partition coefficient (Wildman–Crippen LogP) is 2.50. The van der Waals surface area contributed by atoms with E-state index < -0.39 is 0 Å². The van der Waals surface area contributed by atoms with Crippen molar-refractivity contribution in [3.63, 3.8) is 0 Å². The van der Waals surface area contributed by atoms with Crippen LogP contribution in [-0.2, 0) is 6.42 Å². The van der Waals surface area contributed by atoms with E-state index in [2.05, 4.69) is 10.1 Å². The SMILES string of the molecule is NCCc1ccc(-c2nc(-c3ccoc3)no2)cc1. The second-order valence-corrected chi connectivity index (χ2v) is 4.17. The summed E-state index contributed by atoms with van der Waals surface area (Å²) >= 11 is 0. The van der Waals surface area contributed by atoms with Crippen molar-refractivity contribution in [2.24, 2.45) is 5.73 Å². The molecule has 0 fully saturated rings. The average Bonchev–Trinajstić information content (AvgIpc) is 3.11. The van der Waals surface area contributed by atoms with Crippen molar-refractivity contribution >= 4 is 0 Å². The maximum atomic E-state index is 5.52. The van der Waals surface area contributed by atoms with Gasteiger partial charge in [0.25, 0.3) is 5.89 Å². The van der Waals surface area contributed by atoms with E-state index >= 15 is 0 Å². The van der Waals surface area contributed by atoms with E-state index in [9.17, 15) is 0 Å². The first-order valence-corrected chi connectivity index (χ1v) is 6.02. The molecule has 0 saturated heterocycles. The van der Waals surface area contributed by atoms with Crippen LogP contribution in [0.2, 0.25) is 0 Å². The molecule has 2 heterocycles. The van der Waals surface area contributed by atoms with Gasteiger partial charge in [-0.3, -0.25) is 0 Å². The van der Waals surface area contributed by atoms with Crippen molar-refractivity contribution < 1.29 is 8.94 Å². The Bertz CT molecular complexity index is 642. The van der Waals surface area contributed by atoms with E-state index in [1.807, 2.05) is 24.3 Å². The summed E-state index contributed by atoms with van der Waals surface area (Å²) in [7, 11) is 0. The third-order valence-corrected chi connectivity index (χ3v) is 2.84. The molecule has 0 radical (unpaired) electrons. The minimum absolute atomic E-state index is 0.496. The van der Waals surface area contributed by atoms with Gasteiger partial charge >= 0.3 is 0 Å². The molecule has 5 heteroatoms. The Morgan fingerprint density at radius 1 is 1.05 bits per heavy atom. The number of hydrogen-bond donors (Lipinski definition) is 1. The molecule has 0 amide bonds. The zero-order chi connectivity index (χ0) is 13.1. The summed E-state index contributed by atoms with van der Waals surface area (Å²) in [6.45, 7) is 0.643. The molecule has 2 aromatic heterocycles. The average molecular weight is 255 g/mol. The molecule has 0 spiro atoms. The van der Waals surface area contributed by atoms with Gasteiger partial charge in [0.2, 0.25) is 5.82 Å². The van der Waals surface area contributed by atoms with E-state index in [1.165, 1.54) is 5.56 Å². The van der Waals surface area contributed by atoms with Crippen LogP contribution >= 0.6 is 0 Å². The molecule has 0 bridgehead atoms. The molecule has 3 rings (SSSR count). The van der Waals surface area contributed by atoms with Crippen LogP contribution < -0.4 is 5.73 Å². The molecule has 0 atom stereocenters. The molecule has 0 aliphatic rings. The van der Waals surface area contributed by atoms with Gasteiger partial charge in [-0.1, -0.05) is 17.3 Å². The number of hydrogen-bond acceptors (Lipinski definition) is 5. The number of rotatable bonds is 4. The smallest absolute Gasteiger partial charge is 0.258 e. The fourth-order valence-corrected chi connectivity index (χ4v) is 1.83. The monoisotopic (exact) mass is 255 g/mol. The normalized spacial score (nSPS) is 10.8. The van der Waals surface area contributed by atoms with Crippen LogP contribution in [-0.4, -0.2) is 16.7 Å². The fourth-order valence-electron chi connectivity index (χ4n) is 1.83. The number of aromatic nitrogens is 2. The van der Waals surface area contributed by atoms with Crippen molar-refractivity contribution in [3.05, 3.63) is 48.4 Å². The lowest BCUT2D eigenvalue weighted by molar-refractivity contribution is 0.432. The van der Waals surface area contributed by atoms with E-state index in [0.717, 1.165) is 17.5 Å². The van der Waals surface area contributed by atoms with Gasteiger partial charge in [0, 0.05) is 5.56 Å². The molecular weight excluding hydrogens is 242 g/mol. The predicted molar refractivity (Wildman–Crippen MR) is 70.2 cm³/mol. The molecule has 0 aliphatic carbocycles. The number of nitrogens with zero attached hydrogens (tertiary/aromatic N) is 2. The second kappa shape index (κ2) is 5.07. The highest BCUT2D eigenvalue weighted by Crippen LogP contribution is 2.22. The minimum Gasteiger partial charge on any atom is -0.472 e. The summed E-state index contributed by atoms with van der Waals surface area (Å²) in [5.74, 6) is 1.02. The number of nitrogens with two attached hydrogens (primary N) is 1. The van der Waals surface area contributed by atoms with Crippen molar-refractivity contribution in [2.45, 2.75) is 6.42 Å². The zero-order valence-corrected chi connectivity index (χ0v) is 10.2. The molecule has 3 aromatic rings. The van der Waals surface area contributed by atoms with Gasteiger partial charge in [-0.25, -0.2) is 0 Å². The van der Waals surface area contributed by atoms with Gasteiger partial charge in [0.1, 0.15) is 6.26 Å². The molecule has 0 unspecified atom stereocenters. The largest absolute Gasteiger partial charge is 0.472 e. The first-order valence-electron chi connectivity index (χ1n) is 6.02. The first kappa shape index (κ1) is 11.7. The Hall–Kier alpha value is -2.40. The Morgan fingerprint density at radius 2 is 1.89 bits per heavy atom. The van der Waals surface area contributed by atoms with E-state index in [1.54, 1.807) is 18.6 Å². The van der Waals surface area contributed by atoms with Crippen LogP contribution in [0, 0.1) is 0 Å². The topological polar surface area (TPSA) is 78.1 Å². The Labute approximate surface area is 110 Å². The van der Waals surface area contributed by atoms with Crippen LogP contribution in [0.3, 0.4) is 0 Å². The molecule has 96 valence electrons. The summed E-state index contributed by atoms with van der Waals surface area (Å²) in [6, 6.07) is 9.74. The first-order chi connectivity index (χ1) is 9.36. The molecule has 2 N–H and O–H groups in total. The number of benzene rings is 1.